The third-order valence-electron chi connectivity index (χ3n) is 3.41. The van der Waals surface area contributed by atoms with Crippen LogP contribution in [-0.4, -0.2) is 19.0 Å². The summed E-state index contributed by atoms with van der Waals surface area (Å²) in [5, 5.41) is 5.77. The summed E-state index contributed by atoms with van der Waals surface area (Å²) in [6.45, 7) is 5.31. The SMILES string of the molecule is CCNc1c(F)cccc1C(=O)NCC1CC1C. The zero-order valence-electron chi connectivity index (χ0n) is 10.8. The van der Waals surface area contributed by atoms with E-state index in [1.165, 1.54) is 12.5 Å². The van der Waals surface area contributed by atoms with Gasteiger partial charge in [-0.25, -0.2) is 4.39 Å². The molecule has 1 aromatic carbocycles. The number of hydrogen-bond donors (Lipinski definition) is 2. The molecule has 0 aliphatic heterocycles. The Kier molecular flexibility index (Phi) is 3.84. The highest BCUT2D eigenvalue weighted by atomic mass is 19.1. The molecule has 0 radical (unpaired) electrons. The van der Waals surface area contributed by atoms with Gasteiger partial charge in [0.05, 0.1) is 11.3 Å². The van der Waals surface area contributed by atoms with E-state index in [1.807, 2.05) is 6.92 Å². The van der Waals surface area contributed by atoms with E-state index in [0.717, 1.165) is 0 Å². The molecule has 0 bridgehead atoms. The van der Waals surface area contributed by atoms with Crippen molar-refractivity contribution in [1.29, 1.82) is 0 Å². The van der Waals surface area contributed by atoms with Crippen LogP contribution in [0.5, 0.6) is 0 Å². The second-order valence-electron chi connectivity index (χ2n) is 4.88. The predicted molar refractivity (Wildman–Crippen MR) is 70.2 cm³/mol. The Morgan fingerprint density at radius 3 is 2.83 bits per heavy atom. The normalized spacial score (nSPS) is 21.5. The number of rotatable bonds is 5. The molecule has 2 N–H and O–H groups in total. The zero-order valence-corrected chi connectivity index (χ0v) is 10.8. The Hall–Kier alpha value is -1.58. The number of benzene rings is 1. The van der Waals surface area contributed by atoms with Crippen LogP contribution in [0.2, 0.25) is 0 Å². The van der Waals surface area contributed by atoms with Crippen molar-refractivity contribution in [3.63, 3.8) is 0 Å². The van der Waals surface area contributed by atoms with E-state index in [9.17, 15) is 9.18 Å². The lowest BCUT2D eigenvalue weighted by atomic mass is 10.1. The first-order valence-electron chi connectivity index (χ1n) is 6.44. The van der Waals surface area contributed by atoms with Gasteiger partial charge in [0.2, 0.25) is 0 Å². The summed E-state index contributed by atoms with van der Waals surface area (Å²) in [7, 11) is 0. The van der Waals surface area contributed by atoms with Gasteiger partial charge in [-0.3, -0.25) is 4.79 Å². The first-order chi connectivity index (χ1) is 8.63. The van der Waals surface area contributed by atoms with Crippen LogP contribution in [0, 0.1) is 17.7 Å². The third kappa shape index (κ3) is 2.81. The molecule has 1 saturated carbocycles. The lowest BCUT2D eigenvalue weighted by Crippen LogP contribution is -2.27. The Morgan fingerprint density at radius 1 is 1.50 bits per heavy atom. The molecule has 1 fully saturated rings. The number of hydrogen-bond acceptors (Lipinski definition) is 2. The molecule has 1 aromatic rings. The lowest BCUT2D eigenvalue weighted by Gasteiger charge is -2.11. The van der Waals surface area contributed by atoms with Gasteiger partial charge in [-0.1, -0.05) is 13.0 Å². The van der Waals surface area contributed by atoms with E-state index in [-0.39, 0.29) is 11.7 Å². The van der Waals surface area contributed by atoms with Crippen molar-refractivity contribution in [3.8, 4) is 0 Å². The molecule has 18 heavy (non-hydrogen) atoms. The number of carbonyl (C=O) groups excluding carboxylic acids is 1. The fraction of sp³-hybridized carbons (Fsp3) is 0.500. The number of anilines is 1. The van der Waals surface area contributed by atoms with Gasteiger partial charge in [0.25, 0.3) is 5.91 Å². The first kappa shape index (κ1) is 12.9. The molecule has 0 heterocycles. The molecule has 2 atom stereocenters. The minimum Gasteiger partial charge on any atom is -0.382 e. The smallest absolute Gasteiger partial charge is 0.253 e. The van der Waals surface area contributed by atoms with Gasteiger partial charge < -0.3 is 10.6 Å². The van der Waals surface area contributed by atoms with Crippen LogP contribution >= 0.6 is 0 Å². The van der Waals surface area contributed by atoms with Crippen LogP contribution in [-0.2, 0) is 0 Å². The molecule has 0 aromatic heterocycles. The largest absolute Gasteiger partial charge is 0.382 e. The molecule has 1 aliphatic rings. The molecule has 1 aliphatic carbocycles. The number of nitrogens with one attached hydrogen (secondary N) is 2. The summed E-state index contributed by atoms with van der Waals surface area (Å²) in [6.07, 6.45) is 1.17. The molecule has 98 valence electrons. The molecule has 1 amide bonds. The highest BCUT2D eigenvalue weighted by molar-refractivity contribution is 5.99. The third-order valence-corrected chi connectivity index (χ3v) is 3.41. The van der Waals surface area contributed by atoms with Crippen molar-refractivity contribution < 1.29 is 9.18 Å². The molecule has 3 nitrogen and oxygen atoms in total. The molecule has 0 spiro atoms. The number of para-hydroxylation sites is 1. The summed E-state index contributed by atoms with van der Waals surface area (Å²) in [5.41, 5.74) is 0.673. The highest BCUT2D eigenvalue weighted by Gasteiger charge is 2.32. The maximum atomic E-state index is 13.6. The quantitative estimate of drug-likeness (QED) is 0.843. The van der Waals surface area contributed by atoms with Crippen molar-refractivity contribution in [1.82, 2.24) is 5.32 Å². The van der Waals surface area contributed by atoms with Gasteiger partial charge >= 0.3 is 0 Å². The van der Waals surface area contributed by atoms with Crippen molar-refractivity contribution in [2.75, 3.05) is 18.4 Å². The summed E-state index contributed by atoms with van der Waals surface area (Å²) >= 11 is 0. The van der Waals surface area contributed by atoms with Gasteiger partial charge in [-0.2, -0.15) is 0 Å². The maximum absolute atomic E-state index is 13.6. The molecule has 4 heteroatoms. The first-order valence-corrected chi connectivity index (χ1v) is 6.44. The molecular weight excluding hydrogens is 231 g/mol. The minimum absolute atomic E-state index is 0.204. The highest BCUT2D eigenvalue weighted by Crippen LogP contribution is 2.36. The minimum atomic E-state index is -0.385. The maximum Gasteiger partial charge on any atom is 0.253 e. The van der Waals surface area contributed by atoms with E-state index < -0.39 is 0 Å². The second kappa shape index (κ2) is 5.38. The summed E-state index contributed by atoms with van der Waals surface area (Å²) in [4.78, 5) is 12.0. The fourth-order valence-corrected chi connectivity index (χ4v) is 2.07. The lowest BCUT2D eigenvalue weighted by molar-refractivity contribution is 0.0952. The van der Waals surface area contributed by atoms with Crippen LogP contribution in [0.25, 0.3) is 0 Å². The number of amides is 1. The van der Waals surface area contributed by atoms with Crippen LogP contribution in [0.1, 0.15) is 30.6 Å². The van der Waals surface area contributed by atoms with E-state index in [4.69, 9.17) is 0 Å². The van der Waals surface area contributed by atoms with Gasteiger partial charge in [-0.05, 0) is 37.3 Å². The number of carbonyl (C=O) groups is 1. The summed E-state index contributed by atoms with van der Waals surface area (Å²) < 4.78 is 13.6. The van der Waals surface area contributed by atoms with Crippen LogP contribution in [0.3, 0.4) is 0 Å². The fourth-order valence-electron chi connectivity index (χ4n) is 2.07. The van der Waals surface area contributed by atoms with E-state index in [0.29, 0.717) is 36.2 Å². The van der Waals surface area contributed by atoms with E-state index >= 15 is 0 Å². The summed E-state index contributed by atoms with van der Waals surface area (Å²) in [5.74, 6) is 0.699. The van der Waals surface area contributed by atoms with Crippen molar-refractivity contribution in [3.05, 3.63) is 29.6 Å². The van der Waals surface area contributed by atoms with Crippen LogP contribution in [0.15, 0.2) is 18.2 Å². The standard InChI is InChI=1S/C14H19FN2O/c1-3-16-13-11(5-4-6-12(13)15)14(18)17-8-10-7-9(10)2/h4-6,9-10,16H,3,7-8H2,1-2H3,(H,17,18). The Balaban J connectivity index is 2.06. The molecule has 2 unspecified atom stereocenters. The van der Waals surface area contributed by atoms with Gasteiger partial charge in [0.15, 0.2) is 0 Å². The monoisotopic (exact) mass is 250 g/mol. The van der Waals surface area contributed by atoms with Crippen molar-refractivity contribution in [2.24, 2.45) is 11.8 Å². The topological polar surface area (TPSA) is 41.1 Å². The van der Waals surface area contributed by atoms with Crippen molar-refractivity contribution in [2.45, 2.75) is 20.3 Å². The molecule has 0 saturated heterocycles. The Bertz CT molecular complexity index is 447. The van der Waals surface area contributed by atoms with Gasteiger partial charge in [-0.15, -0.1) is 0 Å². The predicted octanol–water partition coefficient (Wildman–Crippen LogP) is 2.64. The Morgan fingerprint density at radius 2 is 2.22 bits per heavy atom. The van der Waals surface area contributed by atoms with Crippen LogP contribution < -0.4 is 10.6 Å². The number of halogens is 1. The molecule has 2 rings (SSSR count). The van der Waals surface area contributed by atoms with Crippen molar-refractivity contribution >= 4 is 11.6 Å². The summed E-state index contributed by atoms with van der Waals surface area (Å²) in [6, 6.07) is 4.56. The van der Waals surface area contributed by atoms with E-state index in [2.05, 4.69) is 17.6 Å². The second-order valence-corrected chi connectivity index (χ2v) is 4.88. The van der Waals surface area contributed by atoms with E-state index in [1.54, 1.807) is 12.1 Å². The average Bonchev–Trinajstić information content (AvgIpc) is 3.05. The van der Waals surface area contributed by atoms with Gasteiger partial charge in [0, 0.05) is 13.1 Å². The van der Waals surface area contributed by atoms with Gasteiger partial charge in [0.1, 0.15) is 5.82 Å². The Labute approximate surface area is 107 Å². The molecular formula is C14H19FN2O. The van der Waals surface area contributed by atoms with Crippen LogP contribution in [0.4, 0.5) is 10.1 Å². The average molecular weight is 250 g/mol. The zero-order chi connectivity index (χ0) is 13.1.